The molecule has 0 bridgehead atoms. The monoisotopic (exact) mass is 420 g/mol. The maximum atomic E-state index is 7.28. The number of rotatable bonds is 7. The third kappa shape index (κ3) is 4.32. The highest BCUT2D eigenvalue weighted by atomic mass is 31.2. The van der Waals surface area contributed by atoms with Gasteiger partial charge in [-0.1, -0.05) is 72.8 Å². The van der Waals surface area contributed by atoms with E-state index in [1.807, 2.05) is 24.3 Å². The van der Waals surface area contributed by atoms with Gasteiger partial charge in [0, 0.05) is 14.3 Å². The van der Waals surface area contributed by atoms with Crippen molar-refractivity contribution in [1.29, 1.82) is 0 Å². The molecular weight excluding hydrogens is 396 g/mol. The van der Waals surface area contributed by atoms with Gasteiger partial charge in [0.25, 0.3) is 0 Å². The second-order valence-corrected chi connectivity index (χ2v) is 14.0. The molecule has 142 valence electrons. The van der Waals surface area contributed by atoms with Crippen LogP contribution in [0.4, 0.5) is 0 Å². The van der Waals surface area contributed by atoms with Gasteiger partial charge in [-0.2, -0.15) is 0 Å². The van der Waals surface area contributed by atoms with Crippen LogP contribution in [0.3, 0.4) is 0 Å². The Morgan fingerprint density at radius 2 is 0.567 bits per heavy atom. The Kier molecular flexibility index (Phi) is 6.58. The predicted octanol–water partition coefficient (Wildman–Crippen LogP) is 4.49. The fraction of sp³-hybridized carbons (Fsp3) is 0.0769. The summed E-state index contributed by atoms with van der Waals surface area (Å²) in [6, 6.07) is 42.2. The highest BCUT2D eigenvalue weighted by Gasteiger charge is 2.44. The van der Waals surface area contributed by atoms with Crippen molar-refractivity contribution in [1.82, 2.24) is 0 Å². The van der Waals surface area contributed by atoms with Gasteiger partial charge in [-0.3, -0.25) is 0 Å². The van der Waals surface area contributed by atoms with Gasteiger partial charge in [-0.25, -0.2) is 0 Å². The zero-order valence-corrected chi connectivity index (χ0v) is 18.8. The van der Waals surface area contributed by atoms with Crippen molar-refractivity contribution in [2.45, 2.75) is 0 Å². The summed E-state index contributed by atoms with van der Waals surface area (Å²) in [6.07, 6.45) is 1.74. The first-order chi connectivity index (χ1) is 14.6. The Labute approximate surface area is 184 Å². The molecule has 0 nitrogen and oxygen atoms in total. The molecule has 0 saturated carbocycles. The van der Waals surface area contributed by atoms with Crippen LogP contribution in [-0.4, -0.2) is 27.5 Å². The second kappa shape index (κ2) is 9.34. The molecule has 4 aromatic carbocycles. The molecule has 0 heterocycles. The fourth-order valence-electron chi connectivity index (χ4n) is 3.91. The van der Waals surface area contributed by atoms with Crippen LogP contribution in [0.1, 0.15) is 0 Å². The first-order valence-corrected chi connectivity index (χ1v) is 14.3. The smallest absolute Gasteiger partial charge is 0.0620 e. The zero-order chi connectivity index (χ0) is 20.9. The van der Waals surface area contributed by atoms with E-state index < -0.39 is 14.3 Å². The minimum absolute atomic E-state index is 0.870. The fourth-order valence-corrected chi connectivity index (χ4v) is 10.9. The van der Waals surface area contributed by atoms with Crippen LogP contribution < -0.4 is 21.2 Å². The van der Waals surface area contributed by atoms with E-state index >= 15 is 0 Å². The SMILES string of the molecule is [B][P+](CC[P+]([B])(c1ccccc1)c1ccccc1)(c1ccccc1)c1ccccc1. The summed E-state index contributed by atoms with van der Waals surface area (Å²) >= 11 is 0. The third-order valence-electron chi connectivity index (χ3n) is 5.67. The van der Waals surface area contributed by atoms with Gasteiger partial charge in [-0.05, 0) is 48.5 Å². The second-order valence-electron chi connectivity index (χ2n) is 7.53. The Bertz CT molecular complexity index is 887. The van der Waals surface area contributed by atoms with Crippen LogP contribution in [0.2, 0.25) is 0 Å². The van der Waals surface area contributed by atoms with Gasteiger partial charge in [0.2, 0.25) is 0 Å². The van der Waals surface area contributed by atoms with Gasteiger partial charge in [-0.15, -0.1) is 0 Å². The van der Waals surface area contributed by atoms with Crippen LogP contribution in [0.5, 0.6) is 0 Å². The Morgan fingerprint density at radius 1 is 0.367 bits per heavy atom. The van der Waals surface area contributed by atoms with Gasteiger partial charge in [0.1, 0.15) is 0 Å². The third-order valence-corrected chi connectivity index (χ3v) is 12.8. The zero-order valence-electron chi connectivity index (χ0n) is 17.0. The van der Waals surface area contributed by atoms with E-state index in [2.05, 4.69) is 97.1 Å². The number of hydrogen-bond acceptors (Lipinski definition) is 0. The van der Waals surface area contributed by atoms with E-state index in [0.29, 0.717) is 0 Å². The van der Waals surface area contributed by atoms with Crippen LogP contribution in [0.15, 0.2) is 121 Å². The molecule has 0 aromatic heterocycles. The van der Waals surface area contributed by atoms with E-state index in [9.17, 15) is 0 Å². The normalized spacial score (nSPS) is 11.9. The standard InChI is InChI=1S/C26H24B2P2/c27-29(23-13-5-1-6-14-23,24-15-7-2-8-16-24)21-22-30(28,25-17-9-3-10-18-25)26-19-11-4-12-20-26/h1-20H,21-22H2/q+2. The minimum Gasteiger partial charge on any atom is -0.0620 e. The highest BCUT2D eigenvalue weighted by molar-refractivity contribution is 8.11. The first-order valence-electron chi connectivity index (χ1n) is 10.2. The summed E-state index contributed by atoms with van der Waals surface area (Å²) in [7, 11) is 10.4. The lowest BCUT2D eigenvalue weighted by molar-refractivity contribution is 1.49. The molecule has 4 radical (unpaired) electrons. The molecule has 0 atom stereocenters. The summed E-state index contributed by atoms with van der Waals surface area (Å²) in [5.74, 6) is 0. The first kappa shape index (κ1) is 21.1. The molecule has 0 aliphatic heterocycles. The van der Waals surface area contributed by atoms with Crippen molar-refractivity contribution in [2.75, 3.05) is 12.3 Å². The van der Waals surface area contributed by atoms with Crippen molar-refractivity contribution in [3.63, 3.8) is 0 Å². The quantitative estimate of drug-likeness (QED) is 0.306. The molecular formula is C26H24B2P2+2. The molecule has 0 unspecified atom stereocenters. The Hall–Kier alpha value is -2.13. The van der Waals surface area contributed by atoms with E-state index in [1.165, 1.54) is 21.2 Å². The lowest BCUT2D eigenvalue weighted by Gasteiger charge is -2.29. The van der Waals surface area contributed by atoms with Crippen LogP contribution in [-0.2, 0) is 0 Å². The summed E-state index contributed by atoms with van der Waals surface area (Å²) in [4.78, 5) is 0. The molecule has 0 N–H and O–H groups in total. The summed E-state index contributed by atoms with van der Waals surface area (Å²) in [5.41, 5.74) is 0. The van der Waals surface area contributed by atoms with Crippen LogP contribution >= 0.6 is 14.3 Å². The molecule has 4 heteroatoms. The van der Waals surface area contributed by atoms with Crippen molar-refractivity contribution < 1.29 is 0 Å². The average Bonchev–Trinajstić information content (AvgIpc) is 2.84. The van der Waals surface area contributed by atoms with Gasteiger partial charge >= 0.3 is 15.1 Å². The highest BCUT2D eigenvalue weighted by Crippen LogP contribution is 2.58. The molecule has 0 amide bonds. The molecule has 0 fully saturated rings. The molecule has 30 heavy (non-hydrogen) atoms. The summed E-state index contributed by atoms with van der Waals surface area (Å²) < 4.78 is 0. The molecule has 0 saturated heterocycles. The predicted molar refractivity (Wildman–Crippen MR) is 139 cm³/mol. The van der Waals surface area contributed by atoms with E-state index in [0.717, 1.165) is 12.3 Å². The van der Waals surface area contributed by atoms with Crippen LogP contribution in [0.25, 0.3) is 0 Å². The average molecular weight is 420 g/mol. The lowest BCUT2D eigenvalue weighted by atomic mass is 10.4. The number of hydrogen-bond donors (Lipinski definition) is 0. The molecule has 0 aliphatic rings. The molecule has 0 spiro atoms. The largest absolute Gasteiger partial charge is 0.377 e. The maximum Gasteiger partial charge on any atom is 0.377 e. The van der Waals surface area contributed by atoms with Gasteiger partial charge in [0.05, 0.1) is 33.5 Å². The van der Waals surface area contributed by atoms with Crippen molar-refractivity contribution >= 4 is 50.6 Å². The van der Waals surface area contributed by atoms with E-state index in [1.54, 1.807) is 0 Å². The number of benzene rings is 4. The summed E-state index contributed by atoms with van der Waals surface area (Å²) in [6.45, 7) is 0. The van der Waals surface area contributed by atoms with Gasteiger partial charge in [0.15, 0.2) is 0 Å². The van der Waals surface area contributed by atoms with Crippen LogP contribution in [0, 0.1) is 0 Å². The van der Waals surface area contributed by atoms with E-state index in [-0.39, 0.29) is 0 Å². The van der Waals surface area contributed by atoms with Gasteiger partial charge < -0.3 is 0 Å². The molecule has 4 aromatic rings. The Morgan fingerprint density at radius 3 is 0.767 bits per heavy atom. The van der Waals surface area contributed by atoms with Crippen molar-refractivity contribution in [3.05, 3.63) is 121 Å². The Balaban J connectivity index is 1.76. The topological polar surface area (TPSA) is 0 Å². The van der Waals surface area contributed by atoms with E-state index in [4.69, 9.17) is 15.1 Å². The van der Waals surface area contributed by atoms with Crippen molar-refractivity contribution in [3.8, 4) is 0 Å². The molecule has 4 rings (SSSR count). The minimum atomic E-state index is -2.06. The maximum absolute atomic E-state index is 7.28. The lowest BCUT2D eigenvalue weighted by Crippen LogP contribution is -2.31. The molecule has 0 aliphatic carbocycles. The van der Waals surface area contributed by atoms with Crippen molar-refractivity contribution in [2.24, 2.45) is 0 Å². The summed E-state index contributed by atoms with van der Waals surface area (Å²) in [5, 5.41) is 4.90.